The van der Waals surface area contributed by atoms with Crippen LogP contribution in [-0.4, -0.2) is 41.4 Å². The van der Waals surface area contributed by atoms with Crippen molar-refractivity contribution in [2.24, 2.45) is 0 Å². The number of carbonyl (C=O) groups is 1. The predicted molar refractivity (Wildman–Crippen MR) is 76.2 cm³/mol. The van der Waals surface area contributed by atoms with Gasteiger partial charge >= 0.3 is 0 Å². The molecule has 0 aliphatic carbocycles. The summed E-state index contributed by atoms with van der Waals surface area (Å²) in [4.78, 5) is 16.1. The first-order valence-corrected chi connectivity index (χ1v) is 7.06. The lowest BCUT2D eigenvalue weighted by Crippen LogP contribution is -2.61. The summed E-state index contributed by atoms with van der Waals surface area (Å²) in [6, 6.07) is 4.67. The molecule has 1 fully saturated rings. The summed E-state index contributed by atoms with van der Waals surface area (Å²) >= 11 is 3.38. The number of likely N-dealkylation sites (N-methyl/N-ethyl adjacent to an activating group) is 1. The van der Waals surface area contributed by atoms with Crippen LogP contribution in [0.5, 0.6) is 0 Å². The van der Waals surface area contributed by atoms with Gasteiger partial charge in [0, 0.05) is 31.2 Å². The lowest BCUT2D eigenvalue weighted by Gasteiger charge is -2.44. The van der Waals surface area contributed by atoms with E-state index in [9.17, 15) is 9.18 Å². The number of hydrogen-bond donors (Lipinski definition) is 0. The number of rotatable bonds is 2. The van der Waals surface area contributed by atoms with Crippen LogP contribution in [0.4, 0.5) is 4.39 Å². The highest BCUT2D eigenvalue weighted by molar-refractivity contribution is 9.10. The van der Waals surface area contributed by atoms with Crippen LogP contribution in [0.3, 0.4) is 0 Å². The molecule has 1 amide bonds. The third-order valence-electron chi connectivity index (χ3n) is 3.74. The van der Waals surface area contributed by atoms with E-state index in [0.29, 0.717) is 6.54 Å². The molecule has 0 saturated carbocycles. The van der Waals surface area contributed by atoms with Crippen LogP contribution in [0.25, 0.3) is 0 Å². The van der Waals surface area contributed by atoms with Crippen molar-refractivity contribution < 1.29 is 9.18 Å². The first-order valence-electron chi connectivity index (χ1n) is 6.27. The summed E-state index contributed by atoms with van der Waals surface area (Å²) in [6.45, 7) is 6.04. The summed E-state index contributed by atoms with van der Waals surface area (Å²) in [5.41, 5.74) is 0.465. The molecule has 5 heteroatoms. The van der Waals surface area contributed by atoms with Gasteiger partial charge in [-0.15, -0.1) is 0 Å². The average Bonchev–Trinajstić information content (AvgIpc) is 2.33. The van der Waals surface area contributed by atoms with E-state index in [1.54, 1.807) is 11.0 Å². The molecule has 1 aliphatic rings. The predicted octanol–water partition coefficient (Wildman–Crippen LogP) is 2.64. The summed E-state index contributed by atoms with van der Waals surface area (Å²) in [6.07, 6.45) is 0. The molecule has 2 rings (SSSR count). The number of hydrogen-bond acceptors (Lipinski definition) is 2. The third-order valence-corrected chi connectivity index (χ3v) is 4.48. The normalized spacial score (nSPS) is 19.8. The number of nitrogens with zero attached hydrogens (tertiary/aromatic N) is 2. The van der Waals surface area contributed by atoms with Crippen molar-refractivity contribution in [2.75, 3.05) is 20.1 Å². The Bertz CT molecular complexity index is 504. The molecular formula is C14H18BrFN2O. The van der Waals surface area contributed by atoms with Gasteiger partial charge in [0.15, 0.2) is 0 Å². The number of carbonyl (C=O) groups excluding carboxylic acids is 1. The average molecular weight is 329 g/mol. The second-order valence-corrected chi connectivity index (χ2v) is 6.30. The molecule has 1 heterocycles. The number of benzene rings is 1. The van der Waals surface area contributed by atoms with E-state index in [-0.39, 0.29) is 11.7 Å². The Morgan fingerprint density at radius 1 is 1.37 bits per heavy atom. The lowest BCUT2D eigenvalue weighted by molar-refractivity contribution is -0.147. The van der Waals surface area contributed by atoms with Crippen LogP contribution in [-0.2, 0) is 11.3 Å². The van der Waals surface area contributed by atoms with E-state index >= 15 is 0 Å². The SMILES string of the molecule is CN1CCN(Cc2ccc(F)cc2Br)C(C)(C)C1=O. The molecule has 0 aromatic heterocycles. The van der Waals surface area contributed by atoms with Crippen LogP contribution in [0.1, 0.15) is 19.4 Å². The molecule has 104 valence electrons. The third kappa shape index (κ3) is 2.82. The van der Waals surface area contributed by atoms with Crippen LogP contribution >= 0.6 is 15.9 Å². The second-order valence-electron chi connectivity index (χ2n) is 5.44. The molecule has 0 bridgehead atoms. The Labute approximate surface area is 121 Å². The molecule has 0 radical (unpaired) electrons. The zero-order valence-corrected chi connectivity index (χ0v) is 13.0. The monoisotopic (exact) mass is 328 g/mol. The largest absolute Gasteiger partial charge is 0.343 e. The molecule has 19 heavy (non-hydrogen) atoms. The Hall–Kier alpha value is -0.940. The van der Waals surface area contributed by atoms with Crippen LogP contribution < -0.4 is 0 Å². The lowest BCUT2D eigenvalue weighted by atomic mass is 9.97. The van der Waals surface area contributed by atoms with Gasteiger partial charge in [-0.3, -0.25) is 9.69 Å². The summed E-state index contributed by atoms with van der Waals surface area (Å²) < 4.78 is 13.8. The van der Waals surface area contributed by atoms with Crippen molar-refractivity contribution in [3.63, 3.8) is 0 Å². The van der Waals surface area contributed by atoms with E-state index in [2.05, 4.69) is 20.8 Å². The van der Waals surface area contributed by atoms with Crippen molar-refractivity contribution in [1.29, 1.82) is 0 Å². The van der Waals surface area contributed by atoms with Gasteiger partial charge in [0.2, 0.25) is 5.91 Å². The zero-order valence-electron chi connectivity index (χ0n) is 11.4. The maximum absolute atomic E-state index is 13.1. The maximum atomic E-state index is 13.1. The standard InChI is InChI=1S/C14H18BrFN2O/c1-14(2)13(19)17(3)6-7-18(14)9-10-4-5-11(16)8-12(10)15/h4-5,8H,6-7,9H2,1-3H3. The minimum Gasteiger partial charge on any atom is -0.343 e. The van der Waals surface area contributed by atoms with Gasteiger partial charge in [0.1, 0.15) is 5.82 Å². The Kier molecular flexibility index (Phi) is 3.97. The Morgan fingerprint density at radius 3 is 2.68 bits per heavy atom. The van der Waals surface area contributed by atoms with Gasteiger partial charge in [0.25, 0.3) is 0 Å². The molecule has 0 spiro atoms. The number of amides is 1. The van der Waals surface area contributed by atoms with Gasteiger partial charge in [-0.25, -0.2) is 4.39 Å². The quantitative estimate of drug-likeness (QED) is 0.833. The number of halogens is 2. The molecule has 1 aromatic rings. The van der Waals surface area contributed by atoms with E-state index in [1.165, 1.54) is 12.1 Å². The molecule has 0 unspecified atom stereocenters. The highest BCUT2D eigenvalue weighted by atomic mass is 79.9. The van der Waals surface area contributed by atoms with Gasteiger partial charge in [-0.1, -0.05) is 22.0 Å². The fourth-order valence-corrected chi connectivity index (χ4v) is 2.86. The highest BCUT2D eigenvalue weighted by Crippen LogP contribution is 2.27. The van der Waals surface area contributed by atoms with E-state index in [1.807, 2.05) is 20.9 Å². The van der Waals surface area contributed by atoms with Crippen molar-refractivity contribution in [3.8, 4) is 0 Å². The fraction of sp³-hybridized carbons (Fsp3) is 0.500. The van der Waals surface area contributed by atoms with E-state index in [0.717, 1.165) is 23.1 Å². The first kappa shape index (κ1) is 14.5. The van der Waals surface area contributed by atoms with Gasteiger partial charge < -0.3 is 4.90 Å². The summed E-state index contributed by atoms with van der Waals surface area (Å²) in [5.74, 6) is -0.138. The molecule has 1 saturated heterocycles. The fourth-order valence-electron chi connectivity index (χ4n) is 2.39. The minimum atomic E-state index is -0.527. The van der Waals surface area contributed by atoms with Crippen molar-refractivity contribution >= 4 is 21.8 Å². The molecule has 0 N–H and O–H groups in total. The molecule has 0 atom stereocenters. The minimum absolute atomic E-state index is 0.122. The van der Waals surface area contributed by atoms with Crippen molar-refractivity contribution in [2.45, 2.75) is 25.9 Å². The van der Waals surface area contributed by atoms with Gasteiger partial charge in [0.05, 0.1) is 5.54 Å². The summed E-state index contributed by atoms with van der Waals surface area (Å²) in [5, 5.41) is 0. The Balaban J connectivity index is 2.21. The Morgan fingerprint density at radius 2 is 2.05 bits per heavy atom. The topological polar surface area (TPSA) is 23.6 Å². The zero-order chi connectivity index (χ0) is 14.2. The van der Waals surface area contributed by atoms with Crippen LogP contribution in [0.2, 0.25) is 0 Å². The molecule has 1 aromatic carbocycles. The maximum Gasteiger partial charge on any atom is 0.242 e. The second kappa shape index (κ2) is 5.21. The molecular weight excluding hydrogens is 311 g/mol. The van der Waals surface area contributed by atoms with Gasteiger partial charge in [-0.05, 0) is 31.5 Å². The smallest absolute Gasteiger partial charge is 0.242 e. The highest BCUT2D eigenvalue weighted by Gasteiger charge is 2.40. The van der Waals surface area contributed by atoms with E-state index in [4.69, 9.17) is 0 Å². The molecule has 1 aliphatic heterocycles. The van der Waals surface area contributed by atoms with E-state index < -0.39 is 5.54 Å². The molecule has 3 nitrogen and oxygen atoms in total. The van der Waals surface area contributed by atoms with Crippen LogP contribution in [0, 0.1) is 5.82 Å². The van der Waals surface area contributed by atoms with Crippen molar-refractivity contribution in [1.82, 2.24) is 9.80 Å². The van der Waals surface area contributed by atoms with Crippen molar-refractivity contribution in [3.05, 3.63) is 34.1 Å². The van der Waals surface area contributed by atoms with Gasteiger partial charge in [-0.2, -0.15) is 0 Å². The van der Waals surface area contributed by atoms with Crippen LogP contribution in [0.15, 0.2) is 22.7 Å². The summed E-state index contributed by atoms with van der Waals surface area (Å²) in [7, 11) is 1.83. The number of piperazine rings is 1. The first-order chi connectivity index (χ1) is 8.82.